The van der Waals surface area contributed by atoms with Crippen molar-refractivity contribution in [3.63, 3.8) is 0 Å². The maximum absolute atomic E-state index is 14.6. The number of aromatic nitrogens is 2. The van der Waals surface area contributed by atoms with Crippen LogP contribution >= 0.6 is 11.3 Å². The molecule has 0 radical (unpaired) electrons. The lowest BCUT2D eigenvalue weighted by atomic mass is 9.86. The topological polar surface area (TPSA) is 96.5 Å². The van der Waals surface area contributed by atoms with Gasteiger partial charge in [-0.1, -0.05) is 12.7 Å². The van der Waals surface area contributed by atoms with E-state index in [-0.39, 0.29) is 5.92 Å². The van der Waals surface area contributed by atoms with E-state index in [0.29, 0.717) is 36.0 Å². The largest absolute Gasteiger partial charge is 0.398 e. The molecule has 7 nitrogen and oxygen atoms in total. The number of nitrogens with one attached hydrogen (secondary N) is 1. The van der Waals surface area contributed by atoms with Gasteiger partial charge in [0.1, 0.15) is 29.0 Å². The Morgan fingerprint density at radius 3 is 2.94 bits per heavy atom. The molecule has 168 valence electrons. The van der Waals surface area contributed by atoms with Crippen LogP contribution in [0.3, 0.4) is 0 Å². The first-order valence-corrected chi connectivity index (χ1v) is 11.6. The van der Waals surface area contributed by atoms with Crippen LogP contribution in [0.25, 0.3) is 16.3 Å². The molecule has 1 aliphatic carbocycles. The molecular formula is C23H26FN5O2S. The number of aryl methyl sites for hydroxylation is 1. The van der Waals surface area contributed by atoms with Crippen molar-refractivity contribution in [1.29, 1.82) is 0 Å². The smallest absolute Gasteiger partial charge is 0.148 e. The summed E-state index contributed by atoms with van der Waals surface area (Å²) >= 11 is 1.63. The number of hydrogen-bond donors (Lipinski definition) is 3. The number of hydrogen-bond acceptors (Lipinski definition) is 8. The Morgan fingerprint density at radius 1 is 1.34 bits per heavy atom. The number of fused-ring (bicyclic) bond motifs is 3. The summed E-state index contributed by atoms with van der Waals surface area (Å²) in [7, 11) is 0. The number of thiophene rings is 1. The van der Waals surface area contributed by atoms with E-state index < -0.39 is 12.0 Å². The molecule has 9 heteroatoms. The first-order valence-electron chi connectivity index (χ1n) is 10.8. The molecule has 3 aromatic rings. The van der Waals surface area contributed by atoms with Gasteiger partial charge in [0.15, 0.2) is 0 Å². The van der Waals surface area contributed by atoms with Gasteiger partial charge in [-0.05, 0) is 42.5 Å². The number of nitrogens with two attached hydrogens (primary N) is 1. The van der Waals surface area contributed by atoms with Crippen molar-refractivity contribution < 1.29 is 14.2 Å². The van der Waals surface area contributed by atoms with Crippen molar-refractivity contribution in [1.82, 2.24) is 14.9 Å². The minimum absolute atomic E-state index is 0.169. The van der Waals surface area contributed by atoms with Gasteiger partial charge in [-0.15, -0.1) is 11.3 Å². The number of aliphatic hydroxyl groups is 1. The SMILES string of the molecule is C=Cc1cc(Nc2ncnc3sc4c(c23)CCC(C(O)N2CCOCC2)C4)c(F)cc1N. The number of morpholine rings is 1. The second-order valence-corrected chi connectivity index (χ2v) is 9.34. The Bertz CT molecular complexity index is 1160. The fourth-order valence-corrected chi connectivity index (χ4v) is 5.91. The Balaban J connectivity index is 1.44. The minimum atomic E-state index is -0.470. The molecule has 2 aromatic heterocycles. The fourth-order valence-electron chi connectivity index (χ4n) is 4.63. The van der Waals surface area contributed by atoms with E-state index in [0.717, 1.165) is 42.6 Å². The summed E-state index contributed by atoms with van der Waals surface area (Å²) in [5, 5.41) is 15.0. The first kappa shape index (κ1) is 21.3. The maximum Gasteiger partial charge on any atom is 0.148 e. The predicted molar refractivity (Wildman–Crippen MR) is 126 cm³/mol. The lowest BCUT2D eigenvalue weighted by Crippen LogP contribution is -2.48. The van der Waals surface area contributed by atoms with Gasteiger partial charge >= 0.3 is 0 Å². The molecule has 0 bridgehead atoms. The zero-order chi connectivity index (χ0) is 22.2. The number of ether oxygens (including phenoxy) is 1. The Kier molecular flexibility index (Phi) is 5.81. The molecule has 1 fully saturated rings. The highest BCUT2D eigenvalue weighted by molar-refractivity contribution is 7.19. The highest BCUT2D eigenvalue weighted by Gasteiger charge is 2.32. The molecule has 1 aromatic carbocycles. The normalized spacial score (nSPS) is 20.1. The average molecular weight is 456 g/mol. The average Bonchev–Trinajstić information content (AvgIpc) is 3.19. The second-order valence-electron chi connectivity index (χ2n) is 8.26. The molecule has 1 aliphatic heterocycles. The molecular weight excluding hydrogens is 429 g/mol. The molecule has 0 amide bonds. The highest BCUT2D eigenvalue weighted by atomic mass is 32.1. The molecule has 4 N–H and O–H groups in total. The van der Waals surface area contributed by atoms with Crippen LogP contribution in [0.15, 0.2) is 25.0 Å². The summed E-state index contributed by atoms with van der Waals surface area (Å²) in [6, 6.07) is 2.93. The van der Waals surface area contributed by atoms with Gasteiger partial charge in [0.05, 0.1) is 24.3 Å². The third-order valence-electron chi connectivity index (χ3n) is 6.37. The van der Waals surface area contributed by atoms with Crippen molar-refractivity contribution in [3.05, 3.63) is 46.9 Å². The van der Waals surface area contributed by atoms with Gasteiger partial charge in [-0.2, -0.15) is 0 Å². The Labute approximate surface area is 189 Å². The van der Waals surface area contributed by atoms with E-state index in [9.17, 15) is 9.50 Å². The monoisotopic (exact) mass is 455 g/mol. The lowest BCUT2D eigenvalue weighted by molar-refractivity contribution is -0.0877. The molecule has 0 saturated carbocycles. The summed E-state index contributed by atoms with van der Waals surface area (Å²) in [4.78, 5) is 13.1. The first-order chi connectivity index (χ1) is 15.5. The number of nitrogens with zero attached hydrogens (tertiary/aromatic N) is 3. The number of rotatable bonds is 5. The molecule has 3 heterocycles. The van der Waals surface area contributed by atoms with E-state index in [2.05, 4.69) is 26.8 Å². The third kappa shape index (κ3) is 3.86. The fraction of sp³-hybridized carbons (Fsp3) is 0.391. The number of halogens is 1. The van der Waals surface area contributed by atoms with E-state index in [1.54, 1.807) is 23.5 Å². The molecule has 2 unspecified atom stereocenters. The van der Waals surface area contributed by atoms with Gasteiger partial charge in [0.2, 0.25) is 0 Å². The number of anilines is 3. The summed E-state index contributed by atoms with van der Waals surface area (Å²) < 4.78 is 20.0. The van der Waals surface area contributed by atoms with Crippen LogP contribution < -0.4 is 11.1 Å². The summed E-state index contributed by atoms with van der Waals surface area (Å²) in [6.07, 6.45) is 5.12. The van der Waals surface area contributed by atoms with E-state index >= 15 is 0 Å². The molecule has 5 rings (SSSR count). The standard InChI is InChI=1S/C23H26FN5O2S/c1-2-13-9-18(16(24)11-17(13)25)28-21-20-15-4-3-14(23(30)29-5-7-31-8-6-29)10-19(15)32-22(20)27-12-26-21/h2,9,11-12,14,23,30H,1,3-8,10,25H2,(H,26,27,28). The quantitative estimate of drug-likeness (QED) is 0.506. The number of aliphatic hydroxyl groups excluding tert-OH is 1. The van der Waals surface area contributed by atoms with Crippen LogP contribution in [0.2, 0.25) is 0 Å². The maximum atomic E-state index is 14.6. The van der Waals surface area contributed by atoms with Crippen molar-refractivity contribution in [3.8, 4) is 0 Å². The van der Waals surface area contributed by atoms with Crippen LogP contribution in [-0.4, -0.2) is 52.5 Å². The predicted octanol–water partition coefficient (Wildman–Crippen LogP) is 3.55. The second kappa shape index (κ2) is 8.74. The van der Waals surface area contributed by atoms with Crippen molar-refractivity contribution in [2.75, 3.05) is 37.4 Å². The zero-order valence-electron chi connectivity index (χ0n) is 17.7. The van der Waals surface area contributed by atoms with E-state index in [1.807, 2.05) is 0 Å². The van der Waals surface area contributed by atoms with Gasteiger partial charge in [-0.3, -0.25) is 4.90 Å². The molecule has 1 saturated heterocycles. The van der Waals surface area contributed by atoms with Crippen molar-refractivity contribution >= 4 is 44.8 Å². The zero-order valence-corrected chi connectivity index (χ0v) is 18.5. The summed E-state index contributed by atoms with van der Waals surface area (Å²) in [5.41, 5.74) is 8.35. The number of nitrogen functional groups attached to an aromatic ring is 1. The highest BCUT2D eigenvalue weighted by Crippen LogP contribution is 2.41. The van der Waals surface area contributed by atoms with Gasteiger partial charge < -0.3 is 20.9 Å². The molecule has 2 atom stereocenters. The van der Waals surface area contributed by atoms with Gasteiger partial charge in [0, 0.05) is 29.6 Å². The van der Waals surface area contributed by atoms with Gasteiger partial charge in [0.25, 0.3) is 0 Å². The Hall–Kier alpha value is -2.59. The van der Waals surface area contributed by atoms with Crippen molar-refractivity contribution in [2.24, 2.45) is 5.92 Å². The van der Waals surface area contributed by atoms with Gasteiger partial charge in [-0.25, -0.2) is 14.4 Å². The van der Waals surface area contributed by atoms with E-state index in [4.69, 9.17) is 10.5 Å². The van der Waals surface area contributed by atoms with Crippen LogP contribution in [0.4, 0.5) is 21.6 Å². The Morgan fingerprint density at radius 2 is 2.16 bits per heavy atom. The lowest BCUT2D eigenvalue weighted by Gasteiger charge is -2.37. The van der Waals surface area contributed by atoms with E-state index in [1.165, 1.54) is 22.8 Å². The molecule has 0 spiro atoms. The third-order valence-corrected chi connectivity index (χ3v) is 7.53. The molecule has 2 aliphatic rings. The summed E-state index contributed by atoms with van der Waals surface area (Å²) in [6.45, 7) is 6.59. The van der Waals surface area contributed by atoms with Crippen molar-refractivity contribution in [2.45, 2.75) is 25.5 Å². The van der Waals surface area contributed by atoms with Crippen LogP contribution in [0.5, 0.6) is 0 Å². The summed E-state index contributed by atoms with van der Waals surface area (Å²) in [5.74, 6) is 0.304. The van der Waals surface area contributed by atoms with Crippen LogP contribution in [-0.2, 0) is 17.6 Å². The van der Waals surface area contributed by atoms with Crippen LogP contribution in [0.1, 0.15) is 22.4 Å². The minimum Gasteiger partial charge on any atom is -0.398 e. The number of benzene rings is 1. The van der Waals surface area contributed by atoms with Crippen LogP contribution in [0, 0.1) is 11.7 Å². The molecule has 32 heavy (non-hydrogen) atoms.